The molecule has 0 aromatic carbocycles. The summed E-state index contributed by atoms with van der Waals surface area (Å²) >= 11 is 0. The van der Waals surface area contributed by atoms with Crippen LogP contribution in [-0.2, 0) is 4.79 Å². The van der Waals surface area contributed by atoms with E-state index in [4.69, 9.17) is 0 Å². The Morgan fingerprint density at radius 2 is 2.07 bits per heavy atom. The van der Waals surface area contributed by atoms with Crippen LogP contribution >= 0.6 is 0 Å². The Kier molecular flexibility index (Phi) is 3.06. The number of nitrogens with one attached hydrogen (secondary N) is 1. The van der Waals surface area contributed by atoms with Crippen LogP contribution in [0.25, 0.3) is 0 Å². The van der Waals surface area contributed by atoms with Crippen LogP contribution in [0.1, 0.15) is 38.5 Å². The monoisotopic (exact) mass is 196 g/mol. The minimum Gasteiger partial charge on any atom is -0.343 e. The zero-order chi connectivity index (χ0) is 9.97. The first-order chi connectivity index (χ1) is 6.77. The normalized spacial score (nSPS) is 21.8. The van der Waals surface area contributed by atoms with Crippen LogP contribution in [0.15, 0.2) is 0 Å². The highest BCUT2D eigenvalue weighted by Gasteiger charge is 2.25. The molecule has 0 unspecified atom stereocenters. The highest BCUT2D eigenvalue weighted by Crippen LogP contribution is 2.24. The number of hydrogen-bond acceptors (Lipinski definition) is 2. The smallest absolute Gasteiger partial charge is 0.223 e. The molecular weight excluding hydrogens is 176 g/mol. The summed E-state index contributed by atoms with van der Waals surface area (Å²) in [5, 5.41) is 3.37. The lowest BCUT2D eigenvalue weighted by Gasteiger charge is -2.34. The molecule has 2 fully saturated rings. The van der Waals surface area contributed by atoms with Crippen LogP contribution in [0.3, 0.4) is 0 Å². The standard InChI is InChI=1S/C11H20N2O/c1-13(10-3-2-4-10)11(14)7-8-12-9-5-6-9/h9-10,12H,2-8H2,1H3. The van der Waals surface area contributed by atoms with Crippen LogP contribution in [0.2, 0.25) is 0 Å². The van der Waals surface area contributed by atoms with Gasteiger partial charge in [0.1, 0.15) is 0 Å². The molecule has 0 atom stereocenters. The molecule has 80 valence electrons. The van der Waals surface area contributed by atoms with Crippen LogP contribution < -0.4 is 5.32 Å². The predicted molar refractivity (Wildman–Crippen MR) is 56.1 cm³/mol. The molecule has 0 saturated heterocycles. The molecular formula is C11H20N2O. The molecule has 14 heavy (non-hydrogen) atoms. The van der Waals surface area contributed by atoms with Crippen molar-refractivity contribution in [1.82, 2.24) is 10.2 Å². The van der Waals surface area contributed by atoms with Gasteiger partial charge in [-0.15, -0.1) is 0 Å². The van der Waals surface area contributed by atoms with Crippen LogP contribution in [0, 0.1) is 0 Å². The molecule has 2 saturated carbocycles. The van der Waals surface area contributed by atoms with Gasteiger partial charge in [0.2, 0.25) is 5.91 Å². The lowest BCUT2D eigenvalue weighted by Crippen LogP contribution is -2.42. The molecule has 2 rings (SSSR count). The molecule has 2 aliphatic carbocycles. The fourth-order valence-corrected chi connectivity index (χ4v) is 1.82. The predicted octanol–water partition coefficient (Wildman–Crippen LogP) is 1.14. The Bertz CT molecular complexity index is 209. The van der Waals surface area contributed by atoms with Gasteiger partial charge < -0.3 is 10.2 Å². The second kappa shape index (κ2) is 4.30. The van der Waals surface area contributed by atoms with E-state index < -0.39 is 0 Å². The number of carbonyl (C=O) groups excluding carboxylic acids is 1. The highest BCUT2D eigenvalue weighted by molar-refractivity contribution is 5.76. The first-order valence-electron chi connectivity index (χ1n) is 5.76. The summed E-state index contributed by atoms with van der Waals surface area (Å²) in [4.78, 5) is 13.6. The highest BCUT2D eigenvalue weighted by atomic mass is 16.2. The van der Waals surface area contributed by atoms with Gasteiger partial charge in [0, 0.05) is 32.1 Å². The lowest BCUT2D eigenvalue weighted by atomic mass is 9.92. The van der Waals surface area contributed by atoms with E-state index in [0.29, 0.717) is 18.4 Å². The van der Waals surface area contributed by atoms with E-state index >= 15 is 0 Å². The van der Waals surface area contributed by atoms with Crippen molar-refractivity contribution in [3.05, 3.63) is 0 Å². The first-order valence-corrected chi connectivity index (χ1v) is 5.76. The lowest BCUT2D eigenvalue weighted by molar-refractivity contribution is -0.133. The van der Waals surface area contributed by atoms with Gasteiger partial charge in [0.05, 0.1) is 0 Å². The fraction of sp³-hybridized carbons (Fsp3) is 0.909. The Morgan fingerprint density at radius 3 is 2.57 bits per heavy atom. The third-order valence-corrected chi connectivity index (χ3v) is 3.37. The molecule has 2 aliphatic rings. The Morgan fingerprint density at radius 1 is 1.36 bits per heavy atom. The molecule has 0 aromatic rings. The minimum absolute atomic E-state index is 0.308. The number of nitrogens with zero attached hydrogens (tertiary/aromatic N) is 1. The van der Waals surface area contributed by atoms with Gasteiger partial charge in [-0.25, -0.2) is 0 Å². The van der Waals surface area contributed by atoms with E-state index in [-0.39, 0.29) is 0 Å². The quantitative estimate of drug-likeness (QED) is 0.715. The van der Waals surface area contributed by atoms with E-state index in [1.54, 1.807) is 0 Å². The zero-order valence-corrected chi connectivity index (χ0v) is 8.96. The molecule has 3 heteroatoms. The zero-order valence-electron chi connectivity index (χ0n) is 8.96. The number of carbonyl (C=O) groups is 1. The van der Waals surface area contributed by atoms with Crippen molar-refractivity contribution in [3.63, 3.8) is 0 Å². The van der Waals surface area contributed by atoms with Crippen molar-refractivity contribution < 1.29 is 4.79 Å². The first kappa shape index (κ1) is 9.97. The summed E-state index contributed by atoms with van der Waals surface area (Å²) in [7, 11) is 1.95. The third-order valence-electron chi connectivity index (χ3n) is 3.37. The van der Waals surface area contributed by atoms with Crippen molar-refractivity contribution in [2.24, 2.45) is 0 Å². The summed E-state index contributed by atoms with van der Waals surface area (Å²) < 4.78 is 0. The molecule has 0 aromatic heterocycles. The number of amides is 1. The van der Waals surface area contributed by atoms with E-state index in [1.807, 2.05) is 11.9 Å². The Labute approximate surface area is 85.8 Å². The molecule has 0 spiro atoms. The van der Waals surface area contributed by atoms with Crippen molar-refractivity contribution in [2.75, 3.05) is 13.6 Å². The summed E-state index contributed by atoms with van der Waals surface area (Å²) in [6.45, 7) is 0.862. The maximum absolute atomic E-state index is 11.7. The maximum atomic E-state index is 11.7. The molecule has 0 radical (unpaired) electrons. The summed E-state index contributed by atoms with van der Waals surface area (Å²) in [6, 6.07) is 1.26. The van der Waals surface area contributed by atoms with Crippen LogP contribution in [-0.4, -0.2) is 36.5 Å². The Hall–Kier alpha value is -0.570. The fourth-order valence-electron chi connectivity index (χ4n) is 1.82. The van der Waals surface area contributed by atoms with Gasteiger partial charge in [-0.3, -0.25) is 4.79 Å². The van der Waals surface area contributed by atoms with Crippen LogP contribution in [0.4, 0.5) is 0 Å². The molecule has 0 bridgehead atoms. The molecule has 3 nitrogen and oxygen atoms in total. The SMILES string of the molecule is CN(C(=O)CCNC1CC1)C1CCC1. The molecule has 1 N–H and O–H groups in total. The number of rotatable bonds is 5. The van der Waals surface area contributed by atoms with Gasteiger partial charge in [0.15, 0.2) is 0 Å². The van der Waals surface area contributed by atoms with Gasteiger partial charge in [-0.1, -0.05) is 0 Å². The second-order valence-corrected chi connectivity index (χ2v) is 4.57. The van der Waals surface area contributed by atoms with Crippen molar-refractivity contribution in [1.29, 1.82) is 0 Å². The summed E-state index contributed by atoms with van der Waals surface area (Å²) in [5.41, 5.74) is 0. The van der Waals surface area contributed by atoms with Crippen molar-refractivity contribution >= 4 is 5.91 Å². The minimum atomic E-state index is 0.308. The average Bonchev–Trinajstić information content (AvgIpc) is 2.84. The van der Waals surface area contributed by atoms with Crippen LogP contribution in [0.5, 0.6) is 0 Å². The topological polar surface area (TPSA) is 32.3 Å². The Balaban J connectivity index is 1.60. The summed E-state index contributed by atoms with van der Waals surface area (Å²) in [5.74, 6) is 0.308. The molecule has 0 aliphatic heterocycles. The van der Waals surface area contributed by atoms with Gasteiger partial charge in [0.25, 0.3) is 0 Å². The van der Waals surface area contributed by atoms with Crippen molar-refractivity contribution in [2.45, 2.75) is 50.6 Å². The number of hydrogen-bond donors (Lipinski definition) is 1. The molecule has 1 amide bonds. The van der Waals surface area contributed by atoms with E-state index in [1.165, 1.54) is 32.1 Å². The van der Waals surface area contributed by atoms with Gasteiger partial charge in [-0.2, -0.15) is 0 Å². The average molecular weight is 196 g/mol. The largest absolute Gasteiger partial charge is 0.343 e. The van der Waals surface area contributed by atoms with E-state index in [9.17, 15) is 4.79 Å². The van der Waals surface area contributed by atoms with Crippen molar-refractivity contribution in [3.8, 4) is 0 Å². The summed E-state index contributed by atoms with van der Waals surface area (Å²) in [6.07, 6.45) is 6.97. The van der Waals surface area contributed by atoms with Gasteiger partial charge in [-0.05, 0) is 32.1 Å². The second-order valence-electron chi connectivity index (χ2n) is 4.57. The maximum Gasteiger partial charge on any atom is 0.223 e. The van der Waals surface area contributed by atoms with E-state index in [0.717, 1.165) is 12.6 Å². The third kappa shape index (κ3) is 2.47. The molecule has 0 heterocycles. The van der Waals surface area contributed by atoms with Gasteiger partial charge >= 0.3 is 0 Å². The van der Waals surface area contributed by atoms with E-state index in [2.05, 4.69) is 5.32 Å².